The number of piperidine rings is 1. The summed E-state index contributed by atoms with van der Waals surface area (Å²) >= 11 is 0. The minimum atomic E-state index is -0.885. The van der Waals surface area contributed by atoms with Crippen LogP contribution in [0.15, 0.2) is 6.07 Å². The van der Waals surface area contributed by atoms with E-state index in [0.29, 0.717) is 24.3 Å². The minimum absolute atomic E-state index is 0.0148. The third-order valence-corrected chi connectivity index (χ3v) is 4.80. The summed E-state index contributed by atoms with van der Waals surface area (Å²) in [6, 6.07) is 1.59. The molecule has 138 valence electrons. The topological polar surface area (TPSA) is 96.3 Å². The number of rotatable bonds is 6. The average Bonchev–Trinajstić information content (AvgIpc) is 2.53. The summed E-state index contributed by atoms with van der Waals surface area (Å²) in [7, 11) is 4.84. The van der Waals surface area contributed by atoms with Crippen LogP contribution in [0.3, 0.4) is 0 Å². The molecule has 1 aliphatic heterocycles. The van der Waals surface area contributed by atoms with E-state index in [1.807, 2.05) is 7.05 Å². The van der Waals surface area contributed by atoms with Crippen LogP contribution in [0.1, 0.15) is 41.6 Å². The van der Waals surface area contributed by atoms with Crippen molar-refractivity contribution in [3.63, 3.8) is 0 Å². The largest absolute Gasteiger partial charge is 0.507 e. The number of carboxylic acids is 1. The number of hydrogen-bond donors (Lipinski definition) is 2. The SMILES string of the molecule is COc1cc(OC)c([C@H]2CCN(C)C[C@H]2CC(=O)O)c(O)c1C(C)=O. The molecule has 1 aromatic rings. The van der Waals surface area contributed by atoms with E-state index in [9.17, 15) is 19.8 Å². The number of ether oxygens (including phenoxy) is 2. The van der Waals surface area contributed by atoms with Gasteiger partial charge in [0, 0.05) is 24.6 Å². The molecule has 0 unspecified atom stereocenters. The van der Waals surface area contributed by atoms with Gasteiger partial charge in [-0.15, -0.1) is 0 Å². The molecular formula is C18H25NO6. The van der Waals surface area contributed by atoms with Gasteiger partial charge in [-0.25, -0.2) is 0 Å². The van der Waals surface area contributed by atoms with Gasteiger partial charge in [0.25, 0.3) is 0 Å². The number of phenolic OH excluding ortho intramolecular Hbond substituents is 1. The van der Waals surface area contributed by atoms with Crippen LogP contribution < -0.4 is 9.47 Å². The number of aliphatic carboxylic acids is 1. The van der Waals surface area contributed by atoms with Crippen molar-refractivity contribution in [3.8, 4) is 17.2 Å². The Bertz CT molecular complexity index is 672. The maximum atomic E-state index is 12.0. The average molecular weight is 351 g/mol. The summed E-state index contributed by atoms with van der Waals surface area (Å²) in [6.07, 6.45) is 0.654. The first-order valence-corrected chi connectivity index (χ1v) is 8.19. The van der Waals surface area contributed by atoms with Gasteiger partial charge < -0.3 is 24.6 Å². The van der Waals surface area contributed by atoms with Crippen LogP contribution in [0, 0.1) is 5.92 Å². The Morgan fingerprint density at radius 3 is 2.44 bits per heavy atom. The number of phenols is 1. The van der Waals surface area contributed by atoms with E-state index < -0.39 is 5.97 Å². The molecule has 1 heterocycles. The zero-order valence-corrected chi connectivity index (χ0v) is 15.0. The van der Waals surface area contributed by atoms with Crippen molar-refractivity contribution in [1.29, 1.82) is 0 Å². The third kappa shape index (κ3) is 3.87. The van der Waals surface area contributed by atoms with Crippen molar-refractivity contribution < 1.29 is 29.3 Å². The number of methoxy groups -OCH3 is 2. The molecule has 0 amide bonds. The molecule has 0 aliphatic carbocycles. The van der Waals surface area contributed by atoms with Crippen molar-refractivity contribution >= 4 is 11.8 Å². The molecule has 0 spiro atoms. The van der Waals surface area contributed by atoms with Crippen LogP contribution in [-0.4, -0.2) is 61.2 Å². The Morgan fingerprint density at radius 2 is 1.92 bits per heavy atom. The van der Waals surface area contributed by atoms with Crippen LogP contribution in [0.4, 0.5) is 0 Å². The highest BCUT2D eigenvalue weighted by molar-refractivity contribution is 6.00. The Morgan fingerprint density at radius 1 is 1.28 bits per heavy atom. The molecule has 1 fully saturated rings. The number of ketones is 1. The predicted molar refractivity (Wildman–Crippen MR) is 91.8 cm³/mol. The fourth-order valence-electron chi connectivity index (χ4n) is 3.69. The van der Waals surface area contributed by atoms with E-state index in [0.717, 1.165) is 6.54 Å². The highest BCUT2D eigenvalue weighted by Gasteiger charge is 2.36. The first-order chi connectivity index (χ1) is 11.8. The van der Waals surface area contributed by atoms with Crippen molar-refractivity contribution in [3.05, 3.63) is 17.2 Å². The molecule has 25 heavy (non-hydrogen) atoms. The number of likely N-dealkylation sites (tertiary alicyclic amines) is 1. The molecule has 2 atom stereocenters. The van der Waals surface area contributed by atoms with Gasteiger partial charge in [-0.2, -0.15) is 0 Å². The van der Waals surface area contributed by atoms with Gasteiger partial charge in [-0.05, 0) is 38.8 Å². The van der Waals surface area contributed by atoms with Gasteiger partial charge in [0.05, 0.1) is 14.2 Å². The molecule has 1 aliphatic rings. The Hall–Kier alpha value is -2.28. The highest BCUT2D eigenvalue weighted by Crippen LogP contribution is 2.48. The number of carbonyl (C=O) groups is 2. The Labute approximate surface area is 147 Å². The lowest BCUT2D eigenvalue weighted by Gasteiger charge is -2.37. The van der Waals surface area contributed by atoms with Crippen molar-refractivity contribution in [2.75, 3.05) is 34.4 Å². The molecule has 0 aromatic heterocycles. The summed E-state index contributed by atoms with van der Waals surface area (Å²) in [5.74, 6) is -1.13. The second kappa shape index (κ2) is 7.74. The van der Waals surface area contributed by atoms with Gasteiger partial charge in [0.1, 0.15) is 22.8 Å². The molecule has 0 saturated carbocycles. The van der Waals surface area contributed by atoms with E-state index in [2.05, 4.69) is 4.90 Å². The standard InChI is InChI=1S/C18H25NO6/c1-10(20)16-13(24-3)8-14(25-4)17(18(16)23)12-5-6-19(2)9-11(12)7-15(21)22/h8,11-12,23H,5-7,9H2,1-4H3,(H,21,22)/t11-,12+/m1/s1. The summed E-state index contributed by atoms with van der Waals surface area (Å²) in [6.45, 7) is 2.73. The fraction of sp³-hybridized carbons (Fsp3) is 0.556. The van der Waals surface area contributed by atoms with Crippen LogP contribution in [0.5, 0.6) is 17.2 Å². The first kappa shape index (κ1) is 19.1. The van der Waals surface area contributed by atoms with E-state index in [4.69, 9.17) is 9.47 Å². The molecule has 0 bridgehead atoms. The molecule has 2 rings (SSSR count). The molecule has 1 saturated heterocycles. The van der Waals surface area contributed by atoms with Crippen LogP contribution in [0.25, 0.3) is 0 Å². The van der Waals surface area contributed by atoms with E-state index in [1.54, 1.807) is 6.07 Å². The van der Waals surface area contributed by atoms with Crippen LogP contribution in [-0.2, 0) is 4.79 Å². The lowest BCUT2D eigenvalue weighted by atomic mass is 9.77. The summed E-state index contributed by atoms with van der Waals surface area (Å²) in [5.41, 5.74) is 0.596. The molecule has 0 radical (unpaired) electrons. The lowest BCUT2D eigenvalue weighted by molar-refractivity contribution is -0.138. The van der Waals surface area contributed by atoms with Gasteiger partial charge >= 0.3 is 5.97 Å². The lowest BCUT2D eigenvalue weighted by Crippen LogP contribution is -2.38. The number of carboxylic acid groups (broad SMARTS) is 1. The number of Topliss-reactive ketones (excluding diaryl/α,β-unsaturated/α-hetero) is 1. The maximum absolute atomic E-state index is 12.0. The summed E-state index contributed by atoms with van der Waals surface area (Å²) < 4.78 is 10.6. The number of hydrogen-bond acceptors (Lipinski definition) is 6. The highest BCUT2D eigenvalue weighted by atomic mass is 16.5. The molecule has 7 heteroatoms. The number of benzene rings is 1. The van der Waals surface area contributed by atoms with Crippen LogP contribution >= 0.6 is 0 Å². The third-order valence-electron chi connectivity index (χ3n) is 4.80. The van der Waals surface area contributed by atoms with Crippen LogP contribution in [0.2, 0.25) is 0 Å². The van der Waals surface area contributed by atoms with Gasteiger partial charge in [-0.1, -0.05) is 0 Å². The number of aromatic hydroxyl groups is 1. The fourth-order valence-corrected chi connectivity index (χ4v) is 3.69. The van der Waals surface area contributed by atoms with E-state index in [-0.39, 0.29) is 41.1 Å². The van der Waals surface area contributed by atoms with Crippen molar-refractivity contribution in [1.82, 2.24) is 4.90 Å². The first-order valence-electron chi connectivity index (χ1n) is 8.19. The quantitative estimate of drug-likeness (QED) is 0.758. The normalized spacial score (nSPS) is 21.0. The van der Waals surface area contributed by atoms with E-state index >= 15 is 0 Å². The monoisotopic (exact) mass is 351 g/mol. The second-order valence-electron chi connectivity index (χ2n) is 6.49. The smallest absolute Gasteiger partial charge is 0.303 e. The summed E-state index contributed by atoms with van der Waals surface area (Å²) in [5, 5.41) is 20.1. The predicted octanol–water partition coefficient (Wildman–Crippen LogP) is 2.12. The van der Waals surface area contributed by atoms with Crippen molar-refractivity contribution in [2.24, 2.45) is 5.92 Å². The Kier molecular flexibility index (Phi) is 5.89. The maximum Gasteiger partial charge on any atom is 0.303 e. The van der Waals surface area contributed by atoms with Gasteiger partial charge in [0.2, 0.25) is 0 Å². The number of carbonyl (C=O) groups excluding carboxylic acids is 1. The zero-order chi connectivity index (χ0) is 18.7. The van der Waals surface area contributed by atoms with E-state index in [1.165, 1.54) is 21.1 Å². The van der Waals surface area contributed by atoms with Crippen molar-refractivity contribution in [2.45, 2.75) is 25.7 Å². The molecule has 2 N–H and O–H groups in total. The summed E-state index contributed by atoms with van der Waals surface area (Å²) in [4.78, 5) is 25.4. The minimum Gasteiger partial charge on any atom is -0.507 e. The molecular weight excluding hydrogens is 326 g/mol. The Balaban J connectivity index is 2.60. The second-order valence-corrected chi connectivity index (χ2v) is 6.49. The zero-order valence-electron chi connectivity index (χ0n) is 15.0. The number of nitrogens with zero attached hydrogens (tertiary/aromatic N) is 1. The molecule has 7 nitrogen and oxygen atoms in total. The molecule has 1 aromatic carbocycles. The van der Waals surface area contributed by atoms with Gasteiger partial charge in [-0.3, -0.25) is 9.59 Å². The van der Waals surface area contributed by atoms with Gasteiger partial charge in [0.15, 0.2) is 5.78 Å².